The Labute approximate surface area is 181 Å². The van der Waals surface area contributed by atoms with Crippen molar-refractivity contribution in [3.05, 3.63) is 72.3 Å². The molecule has 2 heterocycles. The molecule has 0 saturated carbocycles. The van der Waals surface area contributed by atoms with Crippen molar-refractivity contribution < 1.29 is 13.9 Å². The highest BCUT2D eigenvalue weighted by Crippen LogP contribution is 2.23. The van der Waals surface area contributed by atoms with E-state index < -0.39 is 0 Å². The van der Waals surface area contributed by atoms with E-state index in [9.17, 15) is 9.18 Å². The number of ether oxygens (including phenoxy) is 1. The van der Waals surface area contributed by atoms with Gasteiger partial charge in [-0.3, -0.25) is 4.79 Å². The van der Waals surface area contributed by atoms with Gasteiger partial charge in [0.05, 0.1) is 13.0 Å². The Morgan fingerprint density at radius 1 is 1.16 bits per heavy atom. The molecule has 1 amide bonds. The summed E-state index contributed by atoms with van der Waals surface area (Å²) in [5, 5.41) is 3.03. The number of nitrogens with one attached hydrogen (secondary N) is 1. The normalized spacial score (nSPS) is 16.1. The quantitative estimate of drug-likeness (QED) is 0.657. The molecule has 1 saturated heterocycles. The lowest BCUT2D eigenvalue weighted by atomic mass is 9.97. The van der Waals surface area contributed by atoms with Crippen LogP contribution in [0.15, 0.2) is 60.9 Å². The molecule has 7 heteroatoms. The lowest BCUT2D eigenvalue weighted by Gasteiger charge is -2.32. The maximum Gasteiger partial charge on any atom is 0.225 e. The molecule has 0 spiro atoms. The Morgan fingerprint density at radius 2 is 1.94 bits per heavy atom. The minimum atomic E-state index is -0.273. The monoisotopic (exact) mass is 420 g/mol. The standard InChI is InChI=1S/C24H25FN4O2/c1-31-22-6-2-4-17(12-22)13-26-23(30)19-5-3-11-29(16-19)24-27-14-20(15-28-24)18-7-9-21(25)10-8-18/h2,4,6-10,12,14-15,19H,3,5,11,13,16H2,1H3,(H,26,30)/t19-/m1/s1. The Kier molecular flexibility index (Phi) is 6.40. The second kappa shape index (κ2) is 9.55. The number of anilines is 1. The first kappa shape index (κ1) is 20.8. The lowest BCUT2D eigenvalue weighted by molar-refractivity contribution is -0.125. The topological polar surface area (TPSA) is 67.3 Å². The summed E-state index contributed by atoms with van der Waals surface area (Å²) in [7, 11) is 1.63. The highest BCUT2D eigenvalue weighted by atomic mass is 19.1. The van der Waals surface area contributed by atoms with Crippen molar-refractivity contribution in [3.63, 3.8) is 0 Å². The van der Waals surface area contributed by atoms with Crippen molar-refractivity contribution in [2.24, 2.45) is 5.92 Å². The lowest BCUT2D eigenvalue weighted by Crippen LogP contribution is -2.43. The summed E-state index contributed by atoms with van der Waals surface area (Å²) < 4.78 is 18.4. The molecule has 1 aliphatic rings. The van der Waals surface area contributed by atoms with E-state index in [2.05, 4.69) is 15.3 Å². The Bertz CT molecular complexity index is 1020. The van der Waals surface area contributed by atoms with Crippen LogP contribution in [0.3, 0.4) is 0 Å². The Morgan fingerprint density at radius 3 is 2.68 bits per heavy atom. The maximum atomic E-state index is 13.1. The van der Waals surface area contributed by atoms with Gasteiger partial charge in [0.2, 0.25) is 11.9 Å². The third-order valence-electron chi connectivity index (χ3n) is 5.49. The summed E-state index contributed by atoms with van der Waals surface area (Å²) in [5.74, 6) is 1.04. The molecule has 1 fully saturated rings. The second-order valence-corrected chi connectivity index (χ2v) is 7.63. The van der Waals surface area contributed by atoms with Crippen LogP contribution in [0, 0.1) is 11.7 Å². The summed E-state index contributed by atoms with van der Waals surface area (Å²) in [4.78, 5) is 23.7. The predicted octanol–water partition coefficient (Wildman–Crippen LogP) is 3.82. The summed E-state index contributed by atoms with van der Waals surface area (Å²) >= 11 is 0. The van der Waals surface area contributed by atoms with E-state index in [-0.39, 0.29) is 17.6 Å². The molecule has 1 atom stereocenters. The van der Waals surface area contributed by atoms with E-state index in [0.717, 1.165) is 41.8 Å². The third-order valence-corrected chi connectivity index (χ3v) is 5.49. The number of amides is 1. The fourth-order valence-corrected chi connectivity index (χ4v) is 3.76. The molecule has 0 radical (unpaired) electrons. The number of rotatable bonds is 6. The third kappa shape index (κ3) is 5.17. The number of carbonyl (C=O) groups excluding carboxylic acids is 1. The summed E-state index contributed by atoms with van der Waals surface area (Å²) in [6.45, 7) is 1.87. The highest BCUT2D eigenvalue weighted by Gasteiger charge is 2.27. The molecule has 160 valence electrons. The minimum absolute atomic E-state index is 0.0375. The smallest absolute Gasteiger partial charge is 0.225 e. The Hall–Kier alpha value is -3.48. The van der Waals surface area contributed by atoms with Crippen LogP contribution >= 0.6 is 0 Å². The number of piperidine rings is 1. The van der Waals surface area contributed by atoms with Gasteiger partial charge in [0, 0.05) is 37.6 Å². The molecule has 1 aliphatic heterocycles. The summed E-state index contributed by atoms with van der Waals surface area (Å²) in [5.41, 5.74) is 2.69. The number of carbonyl (C=O) groups is 1. The first-order valence-electron chi connectivity index (χ1n) is 10.4. The predicted molar refractivity (Wildman–Crippen MR) is 117 cm³/mol. The molecule has 0 unspecified atom stereocenters. The number of hydrogen-bond donors (Lipinski definition) is 1. The van der Waals surface area contributed by atoms with Gasteiger partial charge in [0.25, 0.3) is 0 Å². The van der Waals surface area contributed by atoms with Gasteiger partial charge in [-0.25, -0.2) is 14.4 Å². The molecule has 2 aromatic carbocycles. The van der Waals surface area contributed by atoms with Crippen LogP contribution in [0.5, 0.6) is 5.75 Å². The molecule has 1 N–H and O–H groups in total. The fraction of sp³-hybridized carbons (Fsp3) is 0.292. The molecule has 31 heavy (non-hydrogen) atoms. The zero-order chi connectivity index (χ0) is 21.6. The molecule has 1 aromatic heterocycles. The van der Waals surface area contributed by atoms with Gasteiger partial charge in [-0.2, -0.15) is 0 Å². The zero-order valence-corrected chi connectivity index (χ0v) is 17.4. The van der Waals surface area contributed by atoms with Gasteiger partial charge in [-0.1, -0.05) is 24.3 Å². The molecule has 4 rings (SSSR count). The van der Waals surface area contributed by atoms with Crippen molar-refractivity contribution in [1.82, 2.24) is 15.3 Å². The van der Waals surface area contributed by atoms with Gasteiger partial charge < -0.3 is 15.0 Å². The van der Waals surface area contributed by atoms with Gasteiger partial charge in [0.15, 0.2) is 0 Å². The largest absolute Gasteiger partial charge is 0.497 e. The van der Waals surface area contributed by atoms with Crippen LogP contribution in [-0.2, 0) is 11.3 Å². The van der Waals surface area contributed by atoms with Crippen molar-refractivity contribution in [1.29, 1.82) is 0 Å². The number of benzene rings is 2. The van der Waals surface area contributed by atoms with Crippen LogP contribution in [0.2, 0.25) is 0 Å². The van der Waals surface area contributed by atoms with Gasteiger partial charge in [-0.05, 0) is 48.2 Å². The number of nitrogens with zero attached hydrogens (tertiary/aromatic N) is 3. The molecule has 0 aliphatic carbocycles. The number of halogens is 1. The van der Waals surface area contributed by atoms with Crippen molar-refractivity contribution >= 4 is 11.9 Å². The van der Waals surface area contributed by atoms with Gasteiger partial charge in [-0.15, -0.1) is 0 Å². The van der Waals surface area contributed by atoms with Gasteiger partial charge >= 0.3 is 0 Å². The van der Waals surface area contributed by atoms with Crippen LogP contribution in [0.1, 0.15) is 18.4 Å². The highest BCUT2D eigenvalue weighted by molar-refractivity contribution is 5.79. The molecular formula is C24H25FN4O2. The van der Waals surface area contributed by atoms with Crippen molar-refractivity contribution in [2.45, 2.75) is 19.4 Å². The van der Waals surface area contributed by atoms with Crippen molar-refractivity contribution in [2.75, 3.05) is 25.1 Å². The van der Waals surface area contributed by atoms with Crippen molar-refractivity contribution in [3.8, 4) is 16.9 Å². The van der Waals surface area contributed by atoms with E-state index >= 15 is 0 Å². The average molecular weight is 420 g/mol. The zero-order valence-electron chi connectivity index (χ0n) is 17.4. The minimum Gasteiger partial charge on any atom is -0.497 e. The summed E-state index contributed by atoms with van der Waals surface area (Å²) in [6, 6.07) is 13.9. The molecular weight excluding hydrogens is 395 g/mol. The van der Waals surface area contributed by atoms with Crippen LogP contribution in [0.25, 0.3) is 11.1 Å². The first-order chi connectivity index (χ1) is 15.1. The number of aromatic nitrogens is 2. The SMILES string of the molecule is COc1cccc(CNC(=O)[C@@H]2CCCN(c3ncc(-c4ccc(F)cc4)cn3)C2)c1. The van der Waals surface area contributed by atoms with Gasteiger partial charge in [0.1, 0.15) is 11.6 Å². The molecule has 6 nitrogen and oxygen atoms in total. The fourth-order valence-electron chi connectivity index (χ4n) is 3.76. The van der Waals surface area contributed by atoms with Crippen LogP contribution < -0.4 is 15.0 Å². The van der Waals surface area contributed by atoms with E-state index in [0.29, 0.717) is 19.0 Å². The number of methoxy groups -OCH3 is 1. The van der Waals surface area contributed by atoms with Crippen LogP contribution in [0.4, 0.5) is 10.3 Å². The average Bonchev–Trinajstić information content (AvgIpc) is 2.83. The van der Waals surface area contributed by atoms with E-state index in [1.54, 1.807) is 31.6 Å². The van der Waals surface area contributed by atoms with E-state index in [1.165, 1.54) is 12.1 Å². The summed E-state index contributed by atoms with van der Waals surface area (Å²) in [6.07, 6.45) is 5.22. The Balaban J connectivity index is 1.36. The second-order valence-electron chi connectivity index (χ2n) is 7.63. The molecule has 3 aromatic rings. The number of hydrogen-bond acceptors (Lipinski definition) is 5. The van der Waals surface area contributed by atoms with Crippen LogP contribution in [-0.4, -0.2) is 36.1 Å². The van der Waals surface area contributed by atoms with E-state index in [4.69, 9.17) is 4.74 Å². The van der Waals surface area contributed by atoms with E-state index in [1.807, 2.05) is 29.2 Å². The first-order valence-corrected chi connectivity index (χ1v) is 10.4. The maximum absolute atomic E-state index is 13.1. The molecule has 0 bridgehead atoms.